The zero-order valence-electron chi connectivity index (χ0n) is 19.6. The third kappa shape index (κ3) is 11.1. The summed E-state index contributed by atoms with van der Waals surface area (Å²) in [7, 11) is -4.01. The second-order valence-electron chi connectivity index (χ2n) is 7.51. The number of carboxylic acids is 1. The van der Waals surface area contributed by atoms with Gasteiger partial charge in [0, 0.05) is 10.7 Å². The fourth-order valence-corrected chi connectivity index (χ4v) is 4.19. The molecule has 38 heavy (non-hydrogen) atoms. The predicted octanol–water partition coefficient (Wildman–Crippen LogP) is 1.29. The van der Waals surface area contributed by atoms with E-state index in [0.29, 0.717) is 16.3 Å². The molecule has 0 aliphatic rings. The van der Waals surface area contributed by atoms with Crippen molar-refractivity contribution in [2.75, 3.05) is 11.3 Å². The average Bonchev–Trinajstić information content (AvgIpc) is 2.76. The summed E-state index contributed by atoms with van der Waals surface area (Å²) in [6.45, 7) is 1.50. The van der Waals surface area contributed by atoms with E-state index in [1.165, 1.54) is 6.07 Å². The minimum Gasteiger partial charge on any atom is -0.475 e. The summed E-state index contributed by atoms with van der Waals surface area (Å²) in [6, 6.07) is 7.67. The van der Waals surface area contributed by atoms with Crippen LogP contribution in [0.5, 0.6) is 0 Å². The van der Waals surface area contributed by atoms with Gasteiger partial charge in [-0.05, 0) is 42.7 Å². The number of aromatic nitrogens is 1. The highest BCUT2D eigenvalue weighted by molar-refractivity contribution is 7.91. The highest BCUT2D eigenvalue weighted by Gasteiger charge is 2.38. The van der Waals surface area contributed by atoms with Crippen molar-refractivity contribution < 1.29 is 41.1 Å². The summed E-state index contributed by atoms with van der Waals surface area (Å²) in [5, 5.41) is 14.6. The smallest absolute Gasteiger partial charge is 0.475 e. The largest absolute Gasteiger partial charge is 0.490 e. The topological polar surface area (TPSA) is 231 Å². The van der Waals surface area contributed by atoms with Crippen molar-refractivity contribution in [2.45, 2.75) is 31.2 Å². The summed E-state index contributed by atoms with van der Waals surface area (Å²) in [4.78, 5) is 41.0. The molecule has 0 saturated heterocycles. The van der Waals surface area contributed by atoms with Crippen molar-refractivity contribution >= 4 is 45.1 Å². The number of carboxylic acid groups (broad SMARTS) is 1. The van der Waals surface area contributed by atoms with Crippen molar-refractivity contribution in [3.63, 3.8) is 0 Å². The summed E-state index contributed by atoms with van der Waals surface area (Å²) in [6.07, 6.45) is -5.08. The van der Waals surface area contributed by atoms with Gasteiger partial charge in [-0.15, -0.1) is 0 Å². The van der Waals surface area contributed by atoms with Crippen LogP contribution in [-0.2, 0) is 30.2 Å². The molecule has 9 N–H and O–H groups in total. The van der Waals surface area contributed by atoms with Crippen molar-refractivity contribution in [1.29, 1.82) is 5.41 Å². The third-order valence-corrected chi connectivity index (χ3v) is 5.86. The van der Waals surface area contributed by atoms with Crippen LogP contribution in [0.4, 0.5) is 18.9 Å². The fourth-order valence-electron chi connectivity index (χ4n) is 2.84. The maximum Gasteiger partial charge on any atom is 0.490 e. The highest BCUT2D eigenvalue weighted by atomic mass is 35.5. The van der Waals surface area contributed by atoms with Crippen molar-refractivity contribution in [1.82, 2.24) is 10.5 Å². The van der Waals surface area contributed by atoms with Gasteiger partial charge in [0.25, 0.3) is 5.56 Å². The van der Waals surface area contributed by atoms with Gasteiger partial charge in [-0.3, -0.25) is 24.6 Å². The standard InChI is InChI=1S/C18H23ClN6O5S.C2HF3O2/c1-10-8-14(13(16(20)26)6-7-30-24-18(21)22)15(17(27)23-10)25-31(28,29)9-11-2-4-12(19)5-3-11;3-2(4,5)1(6)7/h2-5,8,13,25H,6-7,9H2,1H3,(H2,20,26)(H,23,27)(H4,21,22,24);(H,6,7). The van der Waals surface area contributed by atoms with Gasteiger partial charge >= 0.3 is 12.1 Å². The molecule has 0 fully saturated rings. The van der Waals surface area contributed by atoms with E-state index in [2.05, 4.69) is 15.2 Å². The zero-order valence-corrected chi connectivity index (χ0v) is 21.1. The molecule has 0 radical (unpaired) electrons. The normalized spacial score (nSPS) is 12.0. The first-order valence-corrected chi connectivity index (χ1v) is 12.3. The molecule has 13 nitrogen and oxygen atoms in total. The number of halogens is 4. The molecule has 0 spiro atoms. The van der Waals surface area contributed by atoms with Crippen molar-refractivity contribution in [3.05, 3.63) is 62.5 Å². The lowest BCUT2D eigenvalue weighted by molar-refractivity contribution is -0.192. The monoisotopic (exact) mass is 584 g/mol. The van der Waals surface area contributed by atoms with Gasteiger partial charge in [0.05, 0.1) is 18.3 Å². The molecule has 0 saturated carbocycles. The molecule has 2 aromatic rings. The Morgan fingerprint density at radius 3 is 2.26 bits per heavy atom. The average molecular weight is 585 g/mol. The SMILES string of the molecule is Cc1cc(C(CCONC(=N)N)C(N)=O)c(NS(=O)(=O)Cc2ccc(Cl)cc2)c(=O)[nH]1.O=C(O)C(F)(F)F. The molecule has 0 aliphatic carbocycles. The number of anilines is 1. The minimum absolute atomic E-state index is 0.00438. The number of sulfonamides is 1. The zero-order chi connectivity index (χ0) is 29.3. The summed E-state index contributed by atoms with van der Waals surface area (Å²) in [5.74, 6) is -5.42. The number of benzene rings is 1. The maximum absolute atomic E-state index is 12.7. The Bertz CT molecular complexity index is 1320. The Kier molecular flexibility index (Phi) is 11.6. The number of carbonyl (C=O) groups is 2. The first-order chi connectivity index (χ1) is 17.4. The summed E-state index contributed by atoms with van der Waals surface area (Å²) >= 11 is 5.82. The number of hydroxylamine groups is 1. The summed E-state index contributed by atoms with van der Waals surface area (Å²) in [5.41, 5.74) is 12.7. The van der Waals surface area contributed by atoms with Gasteiger partial charge < -0.3 is 21.6 Å². The van der Waals surface area contributed by atoms with Gasteiger partial charge in [-0.1, -0.05) is 23.7 Å². The number of primary amides is 1. The van der Waals surface area contributed by atoms with E-state index in [4.69, 9.17) is 43.2 Å². The lowest BCUT2D eigenvalue weighted by Crippen LogP contribution is -2.32. The number of rotatable bonds is 10. The van der Waals surface area contributed by atoms with Crippen LogP contribution in [0.15, 0.2) is 35.1 Å². The lowest BCUT2D eigenvalue weighted by atomic mass is 9.94. The van der Waals surface area contributed by atoms with Gasteiger partial charge in [0.1, 0.15) is 5.69 Å². The fraction of sp³-hybridized carbons (Fsp3) is 0.300. The molecule has 18 heteroatoms. The second-order valence-corrected chi connectivity index (χ2v) is 9.67. The minimum atomic E-state index is -5.08. The first kappa shape index (κ1) is 32.2. The molecule has 1 aromatic carbocycles. The number of nitrogens with two attached hydrogens (primary N) is 2. The van der Waals surface area contributed by atoms with Crippen molar-refractivity contribution in [2.24, 2.45) is 11.5 Å². The van der Waals surface area contributed by atoms with Gasteiger partial charge in [-0.2, -0.15) is 13.2 Å². The van der Waals surface area contributed by atoms with Gasteiger partial charge in [0.15, 0.2) is 0 Å². The van der Waals surface area contributed by atoms with Crippen molar-refractivity contribution in [3.8, 4) is 0 Å². The maximum atomic E-state index is 12.7. The van der Waals surface area contributed by atoms with E-state index < -0.39 is 51.3 Å². The molecule has 2 rings (SSSR count). The number of hydrogen-bond acceptors (Lipinski definition) is 7. The number of pyridine rings is 1. The Morgan fingerprint density at radius 1 is 1.24 bits per heavy atom. The quantitative estimate of drug-likeness (QED) is 0.0921. The van der Waals surface area contributed by atoms with Crippen LogP contribution in [0.2, 0.25) is 5.02 Å². The molecule has 0 aliphatic heterocycles. The number of hydrogen-bond donors (Lipinski definition) is 7. The Labute approximate surface area is 218 Å². The van der Waals surface area contributed by atoms with Gasteiger partial charge in [0.2, 0.25) is 21.9 Å². The second kappa shape index (κ2) is 13.6. The van der Waals surface area contributed by atoms with E-state index in [1.54, 1.807) is 31.2 Å². The molecular weight excluding hydrogens is 561 g/mol. The van der Waals surface area contributed by atoms with Gasteiger partial charge in [-0.25, -0.2) is 18.7 Å². The molecule has 1 unspecified atom stereocenters. The van der Waals surface area contributed by atoms with Crippen LogP contribution in [0.3, 0.4) is 0 Å². The van der Waals surface area contributed by atoms with Crippen LogP contribution in [0.1, 0.15) is 29.2 Å². The first-order valence-electron chi connectivity index (χ1n) is 10.2. The third-order valence-electron chi connectivity index (χ3n) is 4.38. The number of aliphatic carboxylic acids is 1. The number of aryl methyl sites for hydroxylation is 1. The number of alkyl halides is 3. The van der Waals surface area contributed by atoms with Crippen LogP contribution in [0, 0.1) is 12.3 Å². The number of nitrogens with one attached hydrogen (secondary N) is 4. The van der Waals surface area contributed by atoms with E-state index in [9.17, 15) is 31.2 Å². The predicted molar refractivity (Wildman–Crippen MR) is 131 cm³/mol. The van der Waals surface area contributed by atoms with Crippen LogP contribution < -0.4 is 27.2 Å². The molecule has 1 aromatic heterocycles. The van der Waals surface area contributed by atoms with E-state index >= 15 is 0 Å². The van der Waals surface area contributed by atoms with E-state index in [0.717, 1.165) is 0 Å². The Balaban J connectivity index is 0.000000905. The molecular formula is C20H24ClF3N6O7S. The summed E-state index contributed by atoms with van der Waals surface area (Å²) < 4.78 is 59.4. The van der Waals surface area contributed by atoms with Crippen LogP contribution in [-0.4, -0.2) is 49.1 Å². The van der Waals surface area contributed by atoms with Crippen LogP contribution in [0.25, 0.3) is 0 Å². The van der Waals surface area contributed by atoms with Crippen LogP contribution >= 0.6 is 11.6 Å². The molecule has 1 heterocycles. The lowest BCUT2D eigenvalue weighted by Gasteiger charge is -2.19. The number of amides is 1. The highest BCUT2D eigenvalue weighted by Crippen LogP contribution is 2.26. The Morgan fingerprint density at radius 2 is 1.79 bits per heavy atom. The number of H-pyrrole nitrogens is 1. The molecule has 210 valence electrons. The number of aromatic amines is 1. The number of guanidine groups is 1. The molecule has 1 amide bonds. The van der Waals surface area contributed by atoms with E-state index in [-0.39, 0.29) is 24.3 Å². The Hall–Kier alpha value is -3.83. The number of carbonyl (C=O) groups excluding carboxylic acids is 1. The molecule has 1 atom stereocenters. The molecule has 0 bridgehead atoms. The van der Waals surface area contributed by atoms with E-state index in [1.807, 2.05) is 0 Å².